The van der Waals surface area contributed by atoms with Crippen LogP contribution in [0.1, 0.15) is 55.1 Å². The van der Waals surface area contributed by atoms with Gasteiger partial charge in [0.15, 0.2) is 0 Å². The van der Waals surface area contributed by atoms with Gasteiger partial charge >= 0.3 is 0 Å². The van der Waals surface area contributed by atoms with Crippen LogP contribution in [0.4, 0.5) is 5.69 Å². The Morgan fingerprint density at radius 3 is 2.38 bits per heavy atom. The summed E-state index contributed by atoms with van der Waals surface area (Å²) in [5, 5.41) is 3.06. The lowest BCUT2D eigenvalue weighted by molar-refractivity contribution is -0.122. The van der Waals surface area contributed by atoms with Crippen molar-refractivity contribution < 1.29 is 9.59 Å². The summed E-state index contributed by atoms with van der Waals surface area (Å²) in [6.07, 6.45) is 7.18. The highest BCUT2D eigenvalue weighted by atomic mass is 16.2. The fraction of sp³-hybridized carbons (Fsp3) is 0.600. The van der Waals surface area contributed by atoms with Gasteiger partial charge in [-0.1, -0.05) is 0 Å². The van der Waals surface area contributed by atoms with Crippen LogP contribution in [0.25, 0.3) is 0 Å². The lowest BCUT2D eigenvalue weighted by atomic mass is 9.85. The predicted molar refractivity (Wildman–Crippen MR) is 79.5 cm³/mol. The zero-order chi connectivity index (χ0) is 15.0. The Morgan fingerprint density at radius 1 is 1.14 bits per heavy atom. The molecule has 6 nitrogen and oxygen atoms in total. The number of nitrogens with zero attached hydrogens (tertiary/aromatic N) is 1. The van der Waals surface area contributed by atoms with Crippen LogP contribution in [0.15, 0.2) is 12.3 Å². The maximum Gasteiger partial charge on any atom is 0.268 e. The molecule has 0 spiro atoms. The van der Waals surface area contributed by atoms with Crippen molar-refractivity contribution in [3.63, 3.8) is 0 Å². The van der Waals surface area contributed by atoms with E-state index >= 15 is 0 Å². The van der Waals surface area contributed by atoms with Gasteiger partial charge in [0.25, 0.3) is 5.91 Å². The molecule has 5 N–H and O–H groups in total. The smallest absolute Gasteiger partial charge is 0.268 e. The minimum absolute atomic E-state index is 0.0379. The first-order valence-corrected chi connectivity index (χ1v) is 7.62. The Morgan fingerprint density at radius 2 is 1.81 bits per heavy atom. The van der Waals surface area contributed by atoms with E-state index in [1.807, 2.05) is 10.8 Å². The number of nitrogen functional groups attached to an aromatic ring is 1. The molecule has 0 atom stereocenters. The summed E-state index contributed by atoms with van der Waals surface area (Å²) in [7, 11) is 0. The molecule has 0 radical (unpaired) electrons. The van der Waals surface area contributed by atoms with Crippen molar-refractivity contribution in [3.05, 3.63) is 18.0 Å². The van der Waals surface area contributed by atoms with E-state index in [-0.39, 0.29) is 23.8 Å². The number of anilines is 1. The van der Waals surface area contributed by atoms with Crippen LogP contribution < -0.4 is 16.8 Å². The molecule has 3 rings (SSSR count). The van der Waals surface area contributed by atoms with E-state index in [2.05, 4.69) is 5.32 Å². The molecule has 2 aliphatic carbocycles. The molecule has 1 aromatic rings. The van der Waals surface area contributed by atoms with E-state index in [4.69, 9.17) is 11.5 Å². The minimum atomic E-state index is -0.227. The lowest BCUT2D eigenvalue weighted by Crippen LogP contribution is -2.40. The van der Waals surface area contributed by atoms with E-state index in [1.54, 1.807) is 6.07 Å². The third-order valence-corrected chi connectivity index (χ3v) is 4.51. The Kier molecular flexibility index (Phi) is 3.61. The Bertz CT molecular complexity index is 554. The van der Waals surface area contributed by atoms with Crippen molar-refractivity contribution >= 4 is 17.5 Å². The average Bonchev–Trinajstić information content (AvgIpc) is 3.22. The Hall–Kier alpha value is -1.98. The third-order valence-electron chi connectivity index (χ3n) is 4.51. The van der Waals surface area contributed by atoms with Gasteiger partial charge in [-0.05, 0) is 44.6 Å². The zero-order valence-corrected chi connectivity index (χ0v) is 12.0. The molecular formula is C15H22N4O2. The fourth-order valence-corrected chi connectivity index (χ4v) is 3.12. The number of hydrogen-bond donors (Lipinski definition) is 3. The Labute approximate surface area is 123 Å². The molecule has 1 aromatic heterocycles. The molecule has 2 amide bonds. The van der Waals surface area contributed by atoms with Crippen LogP contribution in [0.5, 0.6) is 0 Å². The predicted octanol–water partition coefficient (Wildman–Crippen LogP) is 1.18. The van der Waals surface area contributed by atoms with E-state index in [1.165, 1.54) is 0 Å². The number of carbonyl (C=O) groups is 2. The largest absolute Gasteiger partial charge is 0.397 e. The van der Waals surface area contributed by atoms with Crippen LogP contribution in [0.3, 0.4) is 0 Å². The second kappa shape index (κ2) is 5.42. The second-order valence-corrected chi connectivity index (χ2v) is 6.22. The van der Waals surface area contributed by atoms with E-state index in [0.717, 1.165) is 38.5 Å². The number of carbonyl (C=O) groups excluding carboxylic acids is 2. The monoisotopic (exact) mass is 290 g/mol. The van der Waals surface area contributed by atoms with Crippen LogP contribution in [0.2, 0.25) is 0 Å². The number of aromatic nitrogens is 1. The average molecular weight is 290 g/mol. The highest BCUT2D eigenvalue weighted by Gasteiger charge is 2.30. The second-order valence-electron chi connectivity index (χ2n) is 6.22. The summed E-state index contributed by atoms with van der Waals surface area (Å²) in [6, 6.07) is 2.29. The summed E-state index contributed by atoms with van der Waals surface area (Å²) in [5.74, 6) is -0.333. The molecular weight excluding hydrogens is 268 g/mol. The van der Waals surface area contributed by atoms with Crippen molar-refractivity contribution in [3.8, 4) is 0 Å². The highest BCUT2D eigenvalue weighted by molar-refractivity contribution is 5.94. The molecule has 0 aromatic carbocycles. The number of nitrogens with two attached hydrogens (primary N) is 2. The first-order valence-electron chi connectivity index (χ1n) is 7.62. The van der Waals surface area contributed by atoms with Gasteiger partial charge in [-0.3, -0.25) is 9.59 Å². The van der Waals surface area contributed by atoms with Gasteiger partial charge in [-0.2, -0.15) is 0 Å². The van der Waals surface area contributed by atoms with Gasteiger partial charge in [-0.25, -0.2) is 0 Å². The topological polar surface area (TPSA) is 103 Å². The van der Waals surface area contributed by atoms with Crippen molar-refractivity contribution in [2.45, 2.75) is 50.6 Å². The quantitative estimate of drug-likeness (QED) is 0.775. The number of rotatable bonds is 4. The molecule has 2 fully saturated rings. The highest BCUT2D eigenvalue weighted by Crippen LogP contribution is 2.37. The standard InChI is InChI=1S/C15H22N4O2/c16-10-7-13(19(8-10)12-5-6-12)15(21)18-11-3-1-9(2-4-11)14(17)20/h7-9,11-12H,1-6,16H2,(H2,17,20)(H,18,21). The van der Waals surface area contributed by atoms with Crippen LogP contribution in [-0.4, -0.2) is 22.4 Å². The van der Waals surface area contributed by atoms with Gasteiger partial charge in [0.1, 0.15) is 5.69 Å². The number of primary amides is 1. The molecule has 2 saturated carbocycles. The van der Waals surface area contributed by atoms with Gasteiger partial charge in [-0.15, -0.1) is 0 Å². The third kappa shape index (κ3) is 3.04. The maximum absolute atomic E-state index is 12.4. The summed E-state index contributed by atoms with van der Waals surface area (Å²) >= 11 is 0. The van der Waals surface area contributed by atoms with Gasteiger partial charge in [0.05, 0.1) is 5.69 Å². The fourth-order valence-electron chi connectivity index (χ4n) is 3.12. The van der Waals surface area contributed by atoms with Gasteiger partial charge < -0.3 is 21.4 Å². The summed E-state index contributed by atoms with van der Waals surface area (Å²) in [5.41, 5.74) is 12.4. The molecule has 2 aliphatic rings. The van der Waals surface area contributed by atoms with Crippen LogP contribution in [-0.2, 0) is 4.79 Å². The normalized spacial score (nSPS) is 25.5. The van der Waals surface area contributed by atoms with E-state index in [0.29, 0.717) is 17.4 Å². The van der Waals surface area contributed by atoms with Gasteiger partial charge in [0.2, 0.25) is 5.91 Å². The molecule has 21 heavy (non-hydrogen) atoms. The first kappa shape index (κ1) is 14.0. The number of hydrogen-bond acceptors (Lipinski definition) is 3. The molecule has 0 saturated heterocycles. The SMILES string of the molecule is NC(=O)C1CCC(NC(=O)c2cc(N)cn2C2CC2)CC1. The maximum atomic E-state index is 12.4. The zero-order valence-electron chi connectivity index (χ0n) is 12.0. The lowest BCUT2D eigenvalue weighted by Gasteiger charge is -2.27. The summed E-state index contributed by atoms with van der Waals surface area (Å²) in [4.78, 5) is 23.6. The molecule has 0 unspecified atom stereocenters. The molecule has 0 aliphatic heterocycles. The Balaban J connectivity index is 1.61. The van der Waals surface area contributed by atoms with Crippen molar-refractivity contribution in [1.82, 2.24) is 9.88 Å². The number of amides is 2. The summed E-state index contributed by atoms with van der Waals surface area (Å²) < 4.78 is 1.99. The van der Waals surface area contributed by atoms with Crippen molar-refractivity contribution in [1.29, 1.82) is 0 Å². The van der Waals surface area contributed by atoms with Gasteiger partial charge in [0, 0.05) is 24.2 Å². The van der Waals surface area contributed by atoms with Crippen molar-refractivity contribution in [2.75, 3.05) is 5.73 Å². The molecule has 114 valence electrons. The number of nitrogens with one attached hydrogen (secondary N) is 1. The molecule has 6 heteroatoms. The van der Waals surface area contributed by atoms with Crippen LogP contribution in [0, 0.1) is 5.92 Å². The van der Waals surface area contributed by atoms with Crippen molar-refractivity contribution in [2.24, 2.45) is 11.7 Å². The van der Waals surface area contributed by atoms with E-state index in [9.17, 15) is 9.59 Å². The molecule has 0 bridgehead atoms. The summed E-state index contributed by atoms with van der Waals surface area (Å²) in [6.45, 7) is 0. The minimum Gasteiger partial charge on any atom is -0.397 e. The first-order chi connectivity index (χ1) is 10.0. The van der Waals surface area contributed by atoms with Crippen LogP contribution >= 0.6 is 0 Å². The van der Waals surface area contributed by atoms with E-state index < -0.39 is 0 Å². The molecule has 1 heterocycles.